The topological polar surface area (TPSA) is 60.7 Å². The normalized spacial score (nSPS) is 11.2. The highest BCUT2D eigenvalue weighted by Crippen LogP contribution is 2.32. The number of nitrogens with one attached hydrogen (secondary N) is 1. The number of carbonyl (C=O) groups excluding carboxylic acids is 1. The number of methoxy groups -OCH3 is 2. The fraction of sp³-hybridized carbons (Fsp3) is 0.312. The Bertz CT molecular complexity index is 710. The quantitative estimate of drug-likeness (QED) is 0.874. The number of amides is 1. The minimum Gasteiger partial charge on any atom is -0.493 e. The van der Waals surface area contributed by atoms with Gasteiger partial charge in [0.05, 0.1) is 20.5 Å². The van der Waals surface area contributed by atoms with E-state index in [1.165, 1.54) is 14.2 Å². The van der Waals surface area contributed by atoms with Gasteiger partial charge in [-0.3, -0.25) is 4.79 Å². The van der Waals surface area contributed by atoms with E-state index in [0.29, 0.717) is 17.9 Å². The predicted octanol–water partition coefficient (Wildman–Crippen LogP) is 3.29. The first-order valence-electron chi connectivity index (χ1n) is 7.00. The smallest absolute Gasteiger partial charge is 0.420 e. The maximum Gasteiger partial charge on any atom is 0.420 e. The average molecular weight is 343 g/mol. The summed E-state index contributed by atoms with van der Waals surface area (Å²) in [6, 6.07) is 5.95. The molecule has 2 aromatic rings. The molecular formula is C16H16F3NO4. The lowest BCUT2D eigenvalue weighted by atomic mass is 10.1. The second-order valence-corrected chi connectivity index (χ2v) is 4.86. The number of halogens is 3. The fourth-order valence-corrected chi connectivity index (χ4v) is 2.15. The van der Waals surface area contributed by atoms with Crippen molar-refractivity contribution in [3.63, 3.8) is 0 Å². The van der Waals surface area contributed by atoms with Gasteiger partial charge in [0, 0.05) is 6.54 Å². The second-order valence-electron chi connectivity index (χ2n) is 4.86. The molecule has 0 bridgehead atoms. The first kappa shape index (κ1) is 17.7. The van der Waals surface area contributed by atoms with Crippen LogP contribution in [0.25, 0.3) is 0 Å². The van der Waals surface area contributed by atoms with Crippen molar-refractivity contribution < 1.29 is 31.9 Å². The Morgan fingerprint density at radius 2 is 1.88 bits per heavy atom. The van der Waals surface area contributed by atoms with E-state index < -0.39 is 23.4 Å². The molecule has 24 heavy (non-hydrogen) atoms. The molecule has 0 saturated carbocycles. The lowest BCUT2D eigenvalue weighted by molar-refractivity contribution is -0.138. The van der Waals surface area contributed by atoms with E-state index in [1.807, 2.05) is 0 Å². The highest BCUT2D eigenvalue weighted by molar-refractivity contribution is 5.93. The number of ether oxygens (including phenoxy) is 2. The van der Waals surface area contributed by atoms with Gasteiger partial charge in [0.15, 0.2) is 11.5 Å². The van der Waals surface area contributed by atoms with E-state index in [9.17, 15) is 18.0 Å². The van der Waals surface area contributed by atoms with Gasteiger partial charge < -0.3 is 19.2 Å². The van der Waals surface area contributed by atoms with Gasteiger partial charge in [-0.2, -0.15) is 13.2 Å². The highest BCUT2D eigenvalue weighted by atomic mass is 19.4. The SMILES string of the molecule is COc1ccc(CCNC(=O)c2occc2C(F)(F)F)cc1OC. The molecular weight excluding hydrogens is 327 g/mol. The van der Waals surface area contributed by atoms with Crippen molar-refractivity contribution >= 4 is 5.91 Å². The van der Waals surface area contributed by atoms with E-state index in [2.05, 4.69) is 9.73 Å². The van der Waals surface area contributed by atoms with Crippen molar-refractivity contribution in [2.45, 2.75) is 12.6 Å². The standard InChI is InChI=1S/C16H16F3NO4/c1-22-12-4-3-10(9-13(12)23-2)5-7-20-15(21)14-11(6-8-24-14)16(17,18)19/h3-4,6,8-9H,5,7H2,1-2H3,(H,20,21). The molecule has 0 aliphatic carbocycles. The Kier molecular flexibility index (Phi) is 5.38. The van der Waals surface area contributed by atoms with Gasteiger partial charge in [-0.15, -0.1) is 0 Å². The van der Waals surface area contributed by atoms with E-state index in [-0.39, 0.29) is 6.54 Å². The van der Waals surface area contributed by atoms with Crippen molar-refractivity contribution in [1.29, 1.82) is 0 Å². The number of benzene rings is 1. The molecule has 0 fully saturated rings. The van der Waals surface area contributed by atoms with Crippen LogP contribution in [0.5, 0.6) is 11.5 Å². The van der Waals surface area contributed by atoms with Gasteiger partial charge in [-0.1, -0.05) is 6.07 Å². The van der Waals surface area contributed by atoms with Crippen LogP contribution in [-0.2, 0) is 12.6 Å². The lowest BCUT2D eigenvalue weighted by Crippen LogP contribution is -2.27. The Balaban J connectivity index is 1.97. The number of rotatable bonds is 6. The van der Waals surface area contributed by atoms with E-state index in [1.54, 1.807) is 18.2 Å². The molecule has 2 rings (SSSR count). The largest absolute Gasteiger partial charge is 0.493 e. The molecule has 0 atom stereocenters. The molecule has 0 aliphatic heterocycles. The highest BCUT2D eigenvalue weighted by Gasteiger charge is 2.37. The van der Waals surface area contributed by atoms with Crippen LogP contribution < -0.4 is 14.8 Å². The number of furan rings is 1. The second kappa shape index (κ2) is 7.29. The Morgan fingerprint density at radius 1 is 1.17 bits per heavy atom. The molecule has 5 nitrogen and oxygen atoms in total. The number of hydrogen-bond acceptors (Lipinski definition) is 4. The van der Waals surface area contributed by atoms with Crippen molar-refractivity contribution in [2.75, 3.05) is 20.8 Å². The van der Waals surface area contributed by atoms with Crippen LogP contribution in [-0.4, -0.2) is 26.7 Å². The molecule has 8 heteroatoms. The zero-order valence-corrected chi connectivity index (χ0v) is 13.1. The molecule has 1 heterocycles. The molecule has 1 amide bonds. The Hall–Kier alpha value is -2.64. The van der Waals surface area contributed by atoms with E-state index >= 15 is 0 Å². The minimum atomic E-state index is -4.64. The predicted molar refractivity (Wildman–Crippen MR) is 79.3 cm³/mol. The summed E-state index contributed by atoms with van der Waals surface area (Å²) in [4.78, 5) is 11.8. The van der Waals surface area contributed by atoms with Crippen LogP contribution >= 0.6 is 0 Å². The molecule has 0 spiro atoms. The number of alkyl halides is 3. The third-order valence-corrected chi connectivity index (χ3v) is 3.32. The fourth-order valence-electron chi connectivity index (χ4n) is 2.15. The van der Waals surface area contributed by atoms with E-state index in [4.69, 9.17) is 9.47 Å². The first-order valence-corrected chi connectivity index (χ1v) is 7.00. The number of carbonyl (C=O) groups is 1. The van der Waals surface area contributed by atoms with Crippen molar-refractivity contribution in [3.05, 3.63) is 47.4 Å². The summed E-state index contributed by atoms with van der Waals surface area (Å²) in [6.07, 6.45) is -3.39. The van der Waals surface area contributed by atoms with Crippen molar-refractivity contribution in [3.8, 4) is 11.5 Å². The van der Waals surface area contributed by atoms with Crippen LogP contribution in [0, 0.1) is 0 Å². The Labute approximate surface area is 136 Å². The van der Waals surface area contributed by atoms with Gasteiger partial charge in [0.25, 0.3) is 5.91 Å². The molecule has 1 aromatic heterocycles. The summed E-state index contributed by atoms with van der Waals surface area (Å²) in [7, 11) is 3.01. The Morgan fingerprint density at radius 3 is 2.50 bits per heavy atom. The average Bonchev–Trinajstić information content (AvgIpc) is 3.04. The molecule has 130 valence electrons. The van der Waals surface area contributed by atoms with Gasteiger partial charge in [0.1, 0.15) is 5.56 Å². The molecule has 0 saturated heterocycles. The molecule has 1 aromatic carbocycles. The third-order valence-electron chi connectivity index (χ3n) is 3.32. The minimum absolute atomic E-state index is 0.145. The van der Waals surface area contributed by atoms with Gasteiger partial charge >= 0.3 is 6.18 Å². The van der Waals surface area contributed by atoms with Gasteiger partial charge in [-0.25, -0.2) is 0 Å². The van der Waals surface area contributed by atoms with Crippen LogP contribution in [0.4, 0.5) is 13.2 Å². The maximum atomic E-state index is 12.7. The van der Waals surface area contributed by atoms with Gasteiger partial charge in [0.2, 0.25) is 5.76 Å². The summed E-state index contributed by atoms with van der Waals surface area (Å²) in [6.45, 7) is 0.145. The molecule has 0 unspecified atom stereocenters. The summed E-state index contributed by atoms with van der Waals surface area (Å²) >= 11 is 0. The molecule has 1 N–H and O–H groups in total. The first-order chi connectivity index (χ1) is 11.4. The molecule has 0 aliphatic rings. The summed E-state index contributed by atoms with van der Waals surface area (Å²) in [5.41, 5.74) is -0.255. The summed E-state index contributed by atoms with van der Waals surface area (Å²) < 4.78 is 53.1. The monoisotopic (exact) mass is 343 g/mol. The van der Waals surface area contributed by atoms with E-state index in [0.717, 1.165) is 17.9 Å². The number of hydrogen-bond donors (Lipinski definition) is 1. The van der Waals surface area contributed by atoms with Crippen LogP contribution in [0.15, 0.2) is 34.9 Å². The zero-order valence-electron chi connectivity index (χ0n) is 13.1. The van der Waals surface area contributed by atoms with Crippen molar-refractivity contribution in [2.24, 2.45) is 0 Å². The molecule has 0 radical (unpaired) electrons. The van der Waals surface area contributed by atoms with Crippen LogP contribution in [0.2, 0.25) is 0 Å². The van der Waals surface area contributed by atoms with Crippen LogP contribution in [0.3, 0.4) is 0 Å². The lowest BCUT2D eigenvalue weighted by Gasteiger charge is -2.10. The van der Waals surface area contributed by atoms with Crippen molar-refractivity contribution in [1.82, 2.24) is 5.32 Å². The maximum absolute atomic E-state index is 12.7. The summed E-state index contributed by atoms with van der Waals surface area (Å²) in [5, 5.41) is 2.41. The van der Waals surface area contributed by atoms with Crippen LogP contribution in [0.1, 0.15) is 21.7 Å². The zero-order chi connectivity index (χ0) is 17.7. The third kappa shape index (κ3) is 4.01. The summed E-state index contributed by atoms with van der Waals surface area (Å²) in [5.74, 6) is -0.551. The van der Waals surface area contributed by atoms with Gasteiger partial charge in [-0.05, 0) is 30.2 Å².